The van der Waals surface area contributed by atoms with Crippen molar-refractivity contribution in [3.63, 3.8) is 0 Å². The van der Waals surface area contributed by atoms with Gasteiger partial charge in [0.05, 0.1) is 16.1 Å². The Bertz CT molecular complexity index is 812. The van der Waals surface area contributed by atoms with Crippen molar-refractivity contribution in [2.24, 2.45) is 0 Å². The number of nitrogens with zero attached hydrogens (tertiary/aromatic N) is 1. The van der Waals surface area contributed by atoms with Gasteiger partial charge in [0.2, 0.25) is 0 Å². The van der Waals surface area contributed by atoms with E-state index in [9.17, 15) is 9.59 Å². The Balaban J connectivity index is 2.29. The van der Waals surface area contributed by atoms with Gasteiger partial charge in [0, 0.05) is 10.6 Å². The molecule has 0 bridgehead atoms. The first kappa shape index (κ1) is 20.3. The van der Waals surface area contributed by atoms with Gasteiger partial charge in [-0.2, -0.15) is 0 Å². The summed E-state index contributed by atoms with van der Waals surface area (Å²) in [4.78, 5) is 25.6. The minimum Gasteiger partial charge on any atom is -0.267 e. The Morgan fingerprint density at radius 2 is 1.65 bits per heavy atom. The molecule has 2 amide bonds. The zero-order valence-corrected chi connectivity index (χ0v) is 16.8. The summed E-state index contributed by atoms with van der Waals surface area (Å²) in [6.45, 7) is 7.53. The summed E-state index contributed by atoms with van der Waals surface area (Å²) in [5.41, 5.74) is 3.94. The first-order valence-corrected chi connectivity index (χ1v) is 9.08. The van der Waals surface area contributed by atoms with Crippen LogP contribution in [0.3, 0.4) is 0 Å². The van der Waals surface area contributed by atoms with Crippen molar-refractivity contribution in [1.82, 2.24) is 10.4 Å². The van der Waals surface area contributed by atoms with Gasteiger partial charge in [-0.15, -0.1) is 0 Å². The van der Waals surface area contributed by atoms with E-state index in [1.165, 1.54) is 11.1 Å². The van der Waals surface area contributed by atoms with Crippen LogP contribution in [0.1, 0.15) is 54.0 Å². The highest BCUT2D eigenvalue weighted by Crippen LogP contribution is 2.24. The van der Waals surface area contributed by atoms with Crippen molar-refractivity contribution < 1.29 is 9.59 Å². The van der Waals surface area contributed by atoms with Crippen LogP contribution in [0.25, 0.3) is 0 Å². The van der Waals surface area contributed by atoms with Crippen molar-refractivity contribution in [3.8, 4) is 0 Å². The van der Waals surface area contributed by atoms with Gasteiger partial charge in [-0.3, -0.25) is 15.0 Å². The van der Waals surface area contributed by atoms with E-state index < -0.39 is 11.4 Å². The van der Waals surface area contributed by atoms with Crippen molar-refractivity contribution >= 4 is 35.0 Å². The second kappa shape index (κ2) is 8.11. The number of halogens is 2. The highest BCUT2D eigenvalue weighted by atomic mass is 35.5. The molecular formula is C20H22Cl2N2O2. The lowest BCUT2D eigenvalue weighted by Crippen LogP contribution is -2.55. The topological polar surface area (TPSA) is 49.4 Å². The van der Waals surface area contributed by atoms with Gasteiger partial charge < -0.3 is 0 Å². The summed E-state index contributed by atoms with van der Waals surface area (Å²) in [6, 6.07) is 11.9. The van der Waals surface area contributed by atoms with Crippen LogP contribution in [0.5, 0.6) is 0 Å². The van der Waals surface area contributed by atoms with E-state index in [4.69, 9.17) is 23.2 Å². The Labute approximate surface area is 164 Å². The monoisotopic (exact) mass is 392 g/mol. The van der Waals surface area contributed by atoms with Gasteiger partial charge in [-0.25, -0.2) is 5.01 Å². The number of amides is 2. The number of nitrogens with one attached hydrogen (secondary N) is 1. The third-order valence-electron chi connectivity index (χ3n) is 3.87. The molecule has 0 aromatic heterocycles. The molecule has 0 atom stereocenters. The van der Waals surface area contributed by atoms with Crippen LogP contribution in [0.2, 0.25) is 10.0 Å². The highest BCUT2D eigenvalue weighted by Gasteiger charge is 2.30. The van der Waals surface area contributed by atoms with Gasteiger partial charge in [-0.05, 0) is 63.1 Å². The molecule has 0 radical (unpaired) electrons. The van der Waals surface area contributed by atoms with Gasteiger partial charge in [0.15, 0.2) is 0 Å². The molecule has 0 heterocycles. The average Bonchev–Trinajstić information content (AvgIpc) is 2.58. The van der Waals surface area contributed by atoms with Gasteiger partial charge in [-0.1, -0.05) is 42.3 Å². The highest BCUT2D eigenvalue weighted by molar-refractivity contribution is 6.36. The Morgan fingerprint density at radius 3 is 2.15 bits per heavy atom. The summed E-state index contributed by atoms with van der Waals surface area (Å²) >= 11 is 12.1. The lowest BCUT2D eigenvalue weighted by Gasteiger charge is -2.35. The van der Waals surface area contributed by atoms with Crippen LogP contribution in [0.15, 0.2) is 42.5 Å². The predicted molar refractivity (Wildman–Crippen MR) is 106 cm³/mol. The maximum atomic E-state index is 13.0. The molecule has 0 spiro atoms. The number of rotatable bonds is 3. The fourth-order valence-electron chi connectivity index (χ4n) is 2.36. The first-order chi connectivity index (χ1) is 12.1. The molecule has 0 unspecified atom stereocenters. The van der Waals surface area contributed by atoms with E-state index in [2.05, 4.69) is 5.43 Å². The van der Waals surface area contributed by atoms with Crippen molar-refractivity contribution in [3.05, 3.63) is 69.2 Å². The van der Waals surface area contributed by atoms with Crippen molar-refractivity contribution in [2.45, 2.75) is 39.7 Å². The number of carbonyl (C=O) groups excluding carboxylic acids is 2. The van der Waals surface area contributed by atoms with Crippen LogP contribution in [0, 0.1) is 0 Å². The molecule has 6 heteroatoms. The number of benzene rings is 2. The van der Waals surface area contributed by atoms with Crippen LogP contribution in [-0.4, -0.2) is 22.4 Å². The number of carbonyl (C=O) groups is 2. The zero-order valence-electron chi connectivity index (χ0n) is 15.3. The summed E-state index contributed by atoms with van der Waals surface area (Å²) in [5, 5.41) is 1.96. The number of hydrazine groups is 1. The lowest BCUT2D eigenvalue weighted by atomic mass is 10.1. The predicted octanol–water partition coefficient (Wildman–Crippen LogP) is 5.14. The summed E-state index contributed by atoms with van der Waals surface area (Å²) in [6.07, 6.45) is 0.892. The van der Waals surface area contributed by atoms with Crippen molar-refractivity contribution in [1.29, 1.82) is 0 Å². The fourth-order valence-corrected chi connectivity index (χ4v) is 2.85. The summed E-state index contributed by atoms with van der Waals surface area (Å²) in [5.74, 6) is -0.765. The standard InChI is InChI=1S/C20H22Cl2N2O2/c1-5-13-6-8-14(9-7-13)18(25)23-24(20(2,3)4)19(26)16-11-10-15(21)12-17(16)22/h6-12H,5H2,1-4H3,(H,23,25). The molecule has 0 aliphatic rings. The molecule has 138 valence electrons. The van der Waals surface area contributed by atoms with E-state index >= 15 is 0 Å². The van der Waals surface area contributed by atoms with E-state index in [0.29, 0.717) is 10.6 Å². The van der Waals surface area contributed by atoms with Crippen molar-refractivity contribution in [2.75, 3.05) is 0 Å². The van der Waals surface area contributed by atoms with Gasteiger partial charge in [0.1, 0.15) is 0 Å². The van der Waals surface area contributed by atoms with Gasteiger partial charge in [0.25, 0.3) is 11.8 Å². The second-order valence-electron chi connectivity index (χ2n) is 6.93. The molecule has 0 fully saturated rings. The maximum Gasteiger partial charge on any atom is 0.274 e. The minimum atomic E-state index is -0.654. The Morgan fingerprint density at radius 1 is 1.04 bits per heavy atom. The lowest BCUT2D eigenvalue weighted by molar-refractivity contribution is 0.0359. The molecule has 4 nitrogen and oxygen atoms in total. The largest absolute Gasteiger partial charge is 0.274 e. The smallest absolute Gasteiger partial charge is 0.267 e. The number of aryl methyl sites for hydroxylation is 1. The first-order valence-electron chi connectivity index (χ1n) is 8.33. The molecule has 26 heavy (non-hydrogen) atoms. The fraction of sp³-hybridized carbons (Fsp3) is 0.300. The Hall–Kier alpha value is -2.04. The van der Waals surface area contributed by atoms with E-state index in [1.807, 2.05) is 39.8 Å². The molecule has 2 aromatic carbocycles. The third kappa shape index (κ3) is 4.77. The van der Waals surface area contributed by atoms with E-state index in [-0.39, 0.29) is 16.5 Å². The average molecular weight is 393 g/mol. The normalized spacial score (nSPS) is 11.2. The van der Waals surface area contributed by atoms with Gasteiger partial charge >= 0.3 is 0 Å². The summed E-state index contributed by atoms with van der Waals surface area (Å²) in [7, 11) is 0. The molecule has 2 rings (SSSR count). The SMILES string of the molecule is CCc1ccc(C(=O)NN(C(=O)c2ccc(Cl)cc2Cl)C(C)(C)C)cc1. The quantitative estimate of drug-likeness (QED) is 0.734. The molecule has 1 N–H and O–H groups in total. The number of hydrogen-bond donors (Lipinski definition) is 1. The molecule has 0 saturated carbocycles. The number of hydrogen-bond acceptors (Lipinski definition) is 2. The van der Waals surface area contributed by atoms with E-state index in [1.54, 1.807) is 24.3 Å². The minimum absolute atomic E-state index is 0.235. The molecular weight excluding hydrogens is 371 g/mol. The zero-order chi connectivity index (χ0) is 19.5. The van der Waals surface area contributed by atoms with E-state index in [0.717, 1.165) is 12.0 Å². The van der Waals surface area contributed by atoms with Crippen LogP contribution in [0.4, 0.5) is 0 Å². The van der Waals surface area contributed by atoms with Crippen LogP contribution in [-0.2, 0) is 6.42 Å². The van der Waals surface area contributed by atoms with Crippen LogP contribution < -0.4 is 5.43 Å². The molecule has 0 aliphatic carbocycles. The molecule has 2 aromatic rings. The van der Waals surface area contributed by atoms with Crippen LogP contribution >= 0.6 is 23.2 Å². The second-order valence-corrected chi connectivity index (χ2v) is 7.77. The third-order valence-corrected chi connectivity index (χ3v) is 4.42. The Kier molecular flexibility index (Phi) is 6.32. The molecule has 0 saturated heterocycles. The summed E-state index contributed by atoms with van der Waals surface area (Å²) < 4.78 is 0. The molecule has 0 aliphatic heterocycles. The maximum absolute atomic E-state index is 13.0.